The fraction of sp³-hybridized carbons (Fsp3) is 0.462. The van der Waals surface area contributed by atoms with Gasteiger partial charge < -0.3 is 15.7 Å². The molecule has 1 heterocycles. The molecule has 4 N–H and O–H groups in total. The van der Waals surface area contributed by atoms with E-state index in [0.717, 1.165) is 13.0 Å². The van der Waals surface area contributed by atoms with Crippen molar-refractivity contribution in [3.8, 4) is 0 Å². The van der Waals surface area contributed by atoms with E-state index in [-0.39, 0.29) is 24.0 Å². The number of aliphatic hydroxyl groups excluding tert-OH is 1. The SMILES string of the molecule is CC1CCN(c2cccc(F)c2C(=N)N)C1CO. The highest BCUT2D eigenvalue weighted by atomic mass is 19.1. The van der Waals surface area contributed by atoms with Crippen molar-refractivity contribution >= 4 is 11.5 Å². The maximum atomic E-state index is 13.8. The first-order valence-electron chi connectivity index (χ1n) is 6.06. The Kier molecular flexibility index (Phi) is 3.52. The molecule has 1 aliphatic rings. The van der Waals surface area contributed by atoms with Gasteiger partial charge in [-0.05, 0) is 24.5 Å². The predicted octanol–water partition coefficient (Wildman–Crippen LogP) is 1.32. The quantitative estimate of drug-likeness (QED) is 0.560. The maximum absolute atomic E-state index is 13.8. The molecule has 4 nitrogen and oxygen atoms in total. The van der Waals surface area contributed by atoms with Crippen LogP contribution in [0.1, 0.15) is 18.9 Å². The Morgan fingerprint density at radius 2 is 2.33 bits per heavy atom. The summed E-state index contributed by atoms with van der Waals surface area (Å²) in [6.07, 6.45) is 0.944. The number of rotatable bonds is 3. The molecule has 0 aliphatic carbocycles. The second-order valence-corrected chi connectivity index (χ2v) is 4.76. The number of nitrogens with zero attached hydrogens (tertiary/aromatic N) is 1. The van der Waals surface area contributed by atoms with Crippen LogP contribution in [0.15, 0.2) is 18.2 Å². The van der Waals surface area contributed by atoms with Gasteiger partial charge in [-0.3, -0.25) is 5.41 Å². The summed E-state index contributed by atoms with van der Waals surface area (Å²) in [6.45, 7) is 2.83. The Labute approximate surface area is 106 Å². The van der Waals surface area contributed by atoms with Crippen LogP contribution in [0.5, 0.6) is 0 Å². The number of hydrogen-bond acceptors (Lipinski definition) is 3. The zero-order valence-corrected chi connectivity index (χ0v) is 10.4. The van der Waals surface area contributed by atoms with E-state index >= 15 is 0 Å². The van der Waals surface area contributed by atoms with Crippen LogP contribution in [0.4, 0.5) is 10.1 Å². The summed E-state index contributed by atoms with van der Waals surface area (Å²) in [4.78, 5) is 1.95. The van der Waals surface area contributed by atoms with Crippen LogP contribution in [0.2, 0.25) is 0 Å². The van der Waals surface area contributed by atoms with E-state index in [9.17, 15) is 9.50 Å². The second-order valence-electron chi connectivity index (χ2n) is 4.76. The highest BCUT2D eigenvalue weighted by Crippen LogP contribution is 2.32. The molecule has 2 unspecified atom stereocenters. The van der Waals surface area contributed by atoms with Crippen LogP contribution in [0, 0.1) is 17.1 Å². The topological polar surface area (TPSA) is 73.3 Å². The molecule has 1 aromatic carbocycles. The molecule has 18 heavy (non-hydrogen) atoms. The summed E-state index contributed by atoms with van der Waals surface area (Å²) >= 11 is 0. The lowest BCUT2D eigenvalue weighted by Gasteiger charge is -2.29. The van der Waals surface area contributed by atoms with Crippen molar-refractivity contribution in [1.82, 2.24) is 0 Å². The number of amidine groups is 1. The molecular formula is C13H18FN3O. The Morgan fingerprint density at radius 1 is 1.61 bits per heavy atom. The summed E-state index contributed by atoms with van der Waals surface area (Å²) in [6, 6.07) is 4.62. The zero-order chi connectivity index (χ0) is 13.3. The fourth-order valence-corrected chi connectivity index (χ4v) is 2.60. The van der Waals surface area contributed by atoms with Gasteiger partial charge in [0, 0.05) is 6.54 Å². The first-order valence-corrected chi connectivity index (χ1v) is 6.06. The van der Waals surface area contributed by atoms with Gasteiger partial charge in [0.2, 0.25) is 0 Å². The number of nitrogens with one attached hydrogen (secondary N) is 1. The Morgan fingerprint density at radius 3 is 2.94 bits per heavy atom. The van der Waals surface area contributed by atoms with Gasteiger partial charge in [0.15, 0.2) is 0 Å². The number of halogens is 1. The largest absolute Gasteiger partial charge is 0.394 e. The summed E-state index contributed by atoms with van der Waals surface area (Å²) < 4.78 is 13.8. The van der Waals surface area contributed by atoms with Crippen molar-refractivity contribution in [3.63, 3.8) is 0 Å². The number of hydrogen-bond donors (Lipinski definition) is 3. The van der Waals surface area contributed by atoms with E-state index in [2.05, 4.69) is 6.92 Å². The van der Waals surface area contributed by atoms with Crippen molar-refractivity contribution in [2.75, 3.05) is 18.1 Å². The third-order valence-electron chi connectivity index (χ3n) is 3.64. The molecule has 0 amide bonds. The Bertz CT molecular complexity index is 464. The molecule has 0 bridgehead atoms. The molecule has 1 fully saturated rings. The van der Waals surface area contributed by atoms with Crippen LogP contribution >= 0.6 is 0 Å². The molecule has 0 saturated carbocycles. The predicted molar refractivity (Wildman–Crippen MR) is 69.4 cm³/mol. The van der Waals surface area contributed by atoms with Gasteiger partial charge in [-0.1, -0.05) is 13.0 Å². The van der Waals surface area contributed by atoms with E-state index in [1.165, 1.54) is 6.07 Å². The first-order chi connectivity index (χ1) is 8.56. The second kappa shape index (κ2) is 4.94. The number of nitrogen functional groups attached to an aromatic ring is 1. The highest BCUT2D eigenvalue weighted by molar-refractivity contribution is 6.00. The third-order valence-corrected chi connectivity index (χ3v) is 3.64. The molecule has 0 radical (unpaired) electrons. The molecule has 1 aromatic rings. The lowest BCUT2D eigenvalue weighted by molar-refractivity contribution is 0.244. The number of anilines is 1. The van der Waals surface area contributed by atoms with Crippen molar-refractivity contribution in [2.45, 2.75) is 19.4 Å². The van der Waals surface area contributed by atoms with Crippen LogP contribution in [0.25, 0.3) is 0 Å². The first kappa shape index (κ1) is 12.8. The van der Waals surface area contributed by atoms with Crippen molar-refractivity contribution in [3.05, 3.63) is 29.6 Å². The molecule has 2 atom stereocenters. The molecule has 0 spiro atoms. The molecule has 0 aromatic heterocycles. The van der Waals surface area contributed by atoms with E-state index in [4.69, 9.17) is 11.1 Å². The lowest BCUT2D eigenvalue weighted by Crippen LogP contribution is -2.36. The van der Waals surface area contributed by atoms with Crippen LogP contribution in [0.3, 0.4) is 0 Å². The van der Waals surface area contributed by atoms with Gasteiger partial charge in [-0.2, -0.15) is 0 Å². The fourth-order valence-electron chi connectivity index (χ4n) is 2.60. The summed E-state index contributed by atoms with van der Waals surface area (Å²) in [5.41, 5.74) is 6.19. The standard InChI is InChI=1S/C13H18FN3O/c1-8-5-6-17(11(8)7-18)10-4-2-3-9(14)12(10)13(15)16/h2-4,8,11,18H,5-7H2,1H3,(H3,15,16). The number of aliphatic hydroxyl groups is 1. The van der Waals surface area contributed by atoms with Gasteiger partial charge in [0.05, 0.1) is 23.9 Å². The van der Waals surface area contributed by atoms with E-state index in [0.29, 0.717) is 11.6 Å². The monoisotopic (exact) mass is 251 g/mol. The summed E-state index contributed by atoms with van der Waals surface area (Å²) in [7, 11) is 0. The molecular weight excluding hydrogens is 233 g/mol. The summed E-state index contributed by atoms with van der Waals surface area (Å²) in [5, 5.41) is 16.9. The molecule has 1 saturated heterocycles. The Balaban J connectivity index is 2.45. The van der Waals surface area contributed by atoms with Gasteiger partial charge in [-0.25, -0.2) is 4.39 Å². The third kappa shape index (κ3) is 2.06. The van der Waals surface area contributed by atoms with E-state index in [1.54, 1.807) is 12.1 Å². The Hall–Kier alpha value is -1.62. The van der Waals surface area contributed by atoms with Gasteiger partial charge in [0.1, 0.15) is 11.7 Å². The average Bonchev–Trinajstić information content (AvgIpc) is 2.69. The van der Waals surface area contributed by atoms with E-state index < -0.39 is 5.82 Å². The van der Waals surface area contributed by atoms with Crippen molar-refractivity contribution in [2.24, 2.45) is 11.7 Å². The van der Waals surface area contributed by atoms with Crippen LogP contribution in [-0.2, 0) is 0 Å². The highest BCUT2D eigenvalue weighted by Gasteiger charge is 2.32. The van der Waals surface area contributed by atoms with Gasteiger partial charge in [0.25, 0.3) is 0 Å². The normalized spacial score (nSPS) is 23.4. The number of benzene rings is 1. The zero-order valence-electron chi connectivity index (χ0n) is 10.4. The van der Waals surface area contributed by atoms with Crippen molar-refractivity contribution < 1.29 is 9.50 Å². The van der Waals surface area contributed by atoms with E-state index in [1.807, 2.05) is 4.90 Å². The minimum absolute atomic E-state index is 0.0228. The minimum Gasteiger partial charge on any atom is -0.394 e. The van der Waals surface area contributed by atoms with Crippen LogP contribution < -0.4 is 10.6 Å². The van der Waals surface area contributed by atoms with Crippen molar-refractivity contribution in [1.29, 1.82) is 5.41 Å². The molecule has 1 aliphatic heterocycles. The smallest absolute Gasteiger partial charge is 0.136 e. The lowest BCUT2D eigenvalue weighted by atomic mass is 10.0. The van der Waals surface area contributed by atoms with Crippen LogP contribution in [-0.4, -0.2) is 30.1 Å². The number of nitrogens with two attached hydrogens (primary N) is 1. The average molecular weight is 251 g/mol. The van der Waals surface area contributed by atoms with Gasteiger partial charge >= 0.3 is 0 Å². The molecule has 98 valence electrons. The molecule has 2 rings (SSSR count). The summed E-state index contributed by atoms with van der Waals surface area (Å²) in [5.74, 6) is -0.423. The maximum Gasteiger partial charge on any atom is 0.136 e. The molecule has 5 heteroatoms. The minimum atomic E-state index is -0.490. The van der Waals surface area contributed by atoms with Gasteiger partial charge in [-0.15, -0.1) is 0 Å².